The third-order valence-electron chi connectivity index (χ3n) is 5.22. The summed E-state index contributed by atoms with van der Waals surface area (Å²) in [5, 5.41) is 0.843. The Morgan fingerprint density at radius 1 is 1.32 bits per heavy atom. The SMILES string of the molecule is CC(c1cccc(Cl)c1)N1C2CCC1CC1(CO1)C2. The molecule has 3 saturated heterocycles. The predicted octanol–water partition coefficient (Wildman–Crippen LogP) is 3.80. The fourth-order valence-electron chi connectivity index (χ4n) is 4.25. The van der Waals surface area contributed by atoms with Crippen LogP contribution in [0.2, 0.25) is 5.02 Å². The van der Waals surface area contributed by atoms with Crippen LogP contribution in [0.15, 0.2) is 24.3 Å². The van der Waals surface area contributed by atoms with Gasteiger partial charge in [-0.2, -0.15) is 0 Å². The molecule has 3 heteroatoms. The fourth-order valence-corrected chi connectivity index (χ4v) is 4.45. The van der Waals surface area contributed by atoms with Crippen molar-refractivity contribution in [3.05, 3.63) is 34.9 Å². The van der Waals surface area contributed by atoms with Crippen LogP contribution in [0.25, 0.3) is 0 Å². The van der Waals surface area contributed by atoms with Crippen LogP contribution >= 0.6 is 11.6 Å². The Morgan fingerprint density at radius 2 is 2.00 bits per heavy atom. The minimum absolute atomic E-state index is 0.274. The lowest BCUT2D eigenvalue weighted by Gasteiger charge is -2.42. The third-order valence-corrected chi connectivity index (χ3v) is 5.46. The molecule has 3 heterocycles. The lowest BCUT2D eigenvalue weighted by molar-refractivity contribution is 0.0491. The summed E-state index contributed by atoms with van der Waals surface area (Å²) in [5.74, 6) is 0. The Balaban J connectivity index is 1.59. The molecule has 19 heavy (non-hydrogen) atoms. The van der Waals surface area contributed by atoms with Crippen LogP contribution in [0.4, 0.5) is 0 Å². The number of epoxide rings is 1. The summed E-state index contributed by atoms with van der Waals surface area (Å²) in [6.45, 7) is 3.32. The maximum absolute atomic E-state index is 6.13. The average molecular weight is 278 g/mol. The zero-order chi connectivity index (χ0) is 13.0. The number of fused-ring (bicyclic) bond motifs is 2. The maximum Gasteiger partial charge on any atom is 0.0946 e. The van der Waals surface area contributed by atoms with Gasteiger partial charge >= 0.3 is 0 Å². The van der Waals surface area contributed by atoms with E-state index in [2.05, 4.69) is 30.0 Å². The minimum Gasteiger partial charge on any atom is -0.369 e. The van der Waals surface area contributed by atoms with Gasteiger partial charge in [0.2, 0.25) is 0 Å². The van der Waals surface area contributed by atoms with E-state index in [1.807, 2.05) is 6.07 Å². The smallest absolute Gasteiger partial charge is 0.0946 e. The van der Waals surface area contributed by atoms with E-state index >= 15 is 0 Å². The highest BCUT2D eigenvalue weighted by Crippen LogP contribution is 2.51. The topological polar surface area (TPSA) is 15.8 Å². The van der Waals surface area contributed by atoms with E-state index in [0.717, 1.165) is 11.6 Å². The number of nitrogens with zero attached hydrogens (tertiary/aromatic N) is 1. The molecule has 1 aromatic carbocycles. The Labute approximate surface area is 119 Å². The van der Waals surface area contributed by atoms with E-state index in [1.165, 1.54) is 31.2 Å². The van der Waals surface area contributed by atoms with Crippen molar-refractivity contribution >= 4 is 11.6 Å². The van der Waals surface area contributed by atoms with Crippen LogP contribution in [0, 0.1) is 0 Å². The van der Waals surface area contributed by atoms with Crippen LogP contribution < -0.4 is 0 Å². The Kier molecular flexibility index (Phi) is 2.70. The summed E-state index contributed by atoms with van der Waals surface area (Å²) >= 11 is 6.13. The second-order valence-corrected chi connectivity index (χ2v) is 6.88. The van der Waals surface area contributed by atoms with Crippen molar-refractivity contribution < 1.29 is 4.74 Å². The molecule has 3 unspecified atom stereocenters. The number of rotatable bonds is 2. The van der Waals surface area contributed by atoms with Gasteiger partial charge in [-0.1, -0.05) is 23.7 Å². The van der Waals surface area contributed by atoms with Crippen molar-refractivity contribution in [1.82, 2.24) is 4.90 Å². The second-order valence-electron chi connectivity index (χ2n) is 6.44. The fraction of sp³-hybridized carbons (Fsp3) is 0.625. The molecule has 0 aliphatic carbocycles. The van der Waals surface area contributed by atoms with Gasteiger partial charge < -0.3 is 4.74 Å². The Morgan fingerprint density at radius 3 is 2.58 bits per heavy atom. The first-order chi connectivity index (χ1) is 9.17. The third kappa shape index (κ3) is 2.01. The average Bonchev–Trinajstić information content (AvgIpc) is 3.08. The largest absolute Gasteiger partial charge is 0.369 e. The molecule has 1 spiro atoms. The quantitative estimate of drug-likeness (QED) is 0.765. The molecular formula is C16H20ClNO. The van der Waals surface area contributed by atoms with Gasteiger partial charge in [-0.25, -0.2) is 0 Å². The van der Waals surface area contributed by atoms with Crippen molar-refractivity contribution in [1.29, 1.82) is 0 Å². The Hall–Kier alpha value is -0.570. The summed E-state index contributed by atoms with van der Waals surface area (Å²) < 4.78 is 5.72. The summed E-state index contributed by atoms with van der Waals surface area (Å²) in [6.07, 6.45) is 5.13. The second kappa shape index (κ2) is 4.21. The van der Waals surface area contributed by atoms with Gasteiger partial charge in [0.1, 0.15) is 0 Å². The highest BCUT2D eigenvalue weighted by molar-refractivity contribution is 6.30. The molecule has 2 nitrogen and oxygen atoms in total. The molecule has 1 aromatic rings. The lowest BCUT2D eigenvalue weighted by Crippen LogP contribution is -2.47. The van der Waals surface area contributed by atoms with Crippen LogP contribution in [0.3, 0.4) is 0 Å². The molecule has 3 atom stereocenters. The number of halogens is 1. The highest BCUT2D eigenvalue weighted by Gasteiger charge is 2.56. The molecule has 3 aliphatic heterocycles. The monoisotopic (exact) mass is 277 g/mol. The molecule has 3 aliphatic rings. The number of hydrogen-bond acceptors (Lipinski definition) is 2. The molecule has 3 fully saturated rings. The van der Waals surface area contributed by atoms with Crippen molar-refractivity contribution in [2.45, 2.75) is 56.3 Å². The first kappa shape index (κ1) is 12.2. The van der Waals surface area contributed by atoms with Crippen LogP contribution in [0.5, 0.6) is 0 Å². The molecule has 0 N–H and O–H groups in total. The first-order valence-electron chi connectivity index (χ1n) is 7.34. The molecule has 0 radical (unpaired) electrons. The van der Waals surface area contributed by atoms with E-state index in [-0.39, 0.29) is 5.60 Å². The zero-order valence-corrected chi connectivity index (χ0v) is 12.1. The lowest BCUT2D eigenvalue weighted by atomic mass is 9.89. The van der Waals surface area contributed by atoms with Gasteiger partial charge in [-0.05, 0) is 50.3 Å². The predicted molar refractivity (Wildman–Crippen MR) is 76.4 cm³/mol. The van der Waals surface area contributed by atoms with E-state index in [1.54, 1.807) is 0 Å². The van der Waals surface area contributed by atoms with Gasteiger partial charge in [0.05, 0.1) is 12.2 Å². The standard InChI is InChI=1S/C16H20ClNO/c1-11(12-3-2-4-13(17)7-12)18-14-5-6-15(18)9-16(8-14)10-19-16/h2-4,7,11,14-15H,5-6,8-10H2,1H3. The van der Waals surface area contributed by atoms with Crippen molar-refractivity contribution in [3.8, 4) is 0 Å². The highest BCUT2D eigenvalue weighted by atomic mass is 35.5. The van der Waals surface area contributed by atoms with Gasteiger partial charge in [0.25, 0.3) is 0 Å². The zero-order valence-electron chi connectivity index (χ0n) is 11.3. The maximum atomic E-state index is 6.13. The number of ether oxygens (including phenoxy) is 1. The summed E-state index contributed by atoms with van der Waals surface area (Å²) in [6, 6.07) is 10.2. The molecule has 0 amide bonds. The first-order valence-corrected chi connectivity index (χ1v) is 7.72. The summed E-state index contributed by atoms with van der Waals surface area (Å²) in [5.41, 5.74) is 1.62. The molecule has 2 bridgehead atoms. The van der Waals surface area contributed by atoms with Gasteiger partial charge in [0, 0.05) is 23.1 Å². The molecular weight excluding hydrogens is 258 g/mol. The normalized spacial score (nSPS) is 38.6. The Bertz CT molecular complexity index is 483. The van der Waals surface area contributed by atoms with Gasteiger partial charge in [0.15, 0.2) is 0 Å². The van der Waals surface area contributed by atoms with Crippen LogP contribution in [-0.4, -0.2) is 29.2 Å². The number of piperidine rings is 1. The molecule has 4 rings (SSSR count). The van der Waals surface area contributed by atoms with Gasteiger partial charge in [-0.3, -0.25) is 4.90 Å². The molecule has 0 saturated carbocycles. The number of hydrogen-bond donors (Lipinski definition) is 0. The summed E-state index contributed by atoms with van der Waals surface area (Å²) in [7, 11) is 0. The van der Waals surface area contributed by atoms with Crippen molar-refractivity contribution in [3.63, 3.8) is 0 Å². The minimum atomic E-state index is 0.274. The van der Waals surface area contributed by atoms with E-state index < -0.39 is 0 Å². The van der Waals surface area contributed by atoms with Crippen LogP contribution in [0.1, 0.15) is 44.2 Å². The number of benzene rings is 1. The van der Waals surface area contributed by atoms with E-state index in [9.17, 15) is 0 Å². The summed E-state index contributed by atoms with van der Waals surface area (Å²) in [4.78, 5) is 2.72. The molecule has 0 aromatic heterocycles. The van der Waals surface area contributed by atoms with Crippen LogP contribution in [-0.2, 0) is 4.74 Å². The van der Waals surface area contributed by atoms with Crippen molar-refractivity contribution in [2.24, 2.45) is 0 Å². The van der Waals surface area contributed by atoms with Crippen molar-refractivity contribution in [2.75, 3.05) is 6.61 Å². The molecule has 102 valence electrons. The van der Waals surface area contributed by atoms with Gasteiger partial charge in [-0.15, -0.1) is 0 Å². The van der Waals surface area contributed by atoms with E-state index in [0.29, 0.717) is 18.1 Å². The van der Waals surface area contributed by atoms with E-state index in [4.69, 9.17) is 16.3 Å².